The molecule has 0 aromatic heterocycles. The number of hydrogen-bond acceptors (Lipinski definition) is 4. The maximum Gasteiger partial charge on any atom is 0.127 e. The van der Waals surface area contributed by atoms with Gasteiger partial charge in [0.25, 0.3) is 0 Å². The lowest BCUT2D eigenvalue weighted by Crippen LogP contribution is -2.52. The smallest absolute Gasteiger partial charge is 0.127 e. The molecule has 4 nitrogen and oxygen atoms in total. The number of fused-ring (bicyclic) bond motifs is 2. The Hall–Kier alpha value is -1.26. The van der Waals surface area contributed by atoms with E-state index in [1.54, 1.807) is 0 Å². The van der Waals surface area contributed by atoms with E-state index < -0.39 is 0 Å². The first-order chi connectivity index (χ1) is 9.27. The van der Waals surface area contributed by atoms with Crippen LogP contribution in [0.1, 0.15) is 22.3 Å². The van der Waals surface area contributed by atoms with Gasteiger partial charge in [-0.15, -0.1) is 0 Å². The van der Waals surface area contributed by atoms with E-state index in [0.717, 1.165) is 37.6 Å². The molecule has 4 heteroatoms. The van der Waals surface area contributed by atoms with Gasteiger partial charge in [0, 0.05) is 36.1 Å². The van der Waals surface area contributed by atoms with Gasteiger partial charge in [-0.05, 0) is 12.5 Å². The summed E-state index contributed by atoms with van der Waals surface area (Å²) in [7, 11) is 0. The molecule has 2 N–H and O–H groups in total. The van der Waals surface area contributed by atoms with E-state index in [-0.39, 0.29) is 5.41 Å². The van der Waals surface area contributed by atoms with Crippen LogP contribution in [0.4, 0.5) is 0 Å². The molecule has 3 heterocycles. The predicted molar refractivity (Wildman–Crippen MR) is 71.1 cm³/mol. The van der Waals surface area contributed by atoms with Gasteiger partial charge < -0.3 is 19.9 Å². The van der Waals surface area contributed by atoms with E-state index in [1.165, 1.54) is 22.3 Å². The van der Waals surface area contributed by atoms with E-state index >= 15 is 0 Å². The van der Waals surface area contributed by atoms with Gasteiger partial charge in [-0.2, -0.15) is 0 Å². The summed E-state index contributed by atoms with van der Waals surface area (Å²) in [4.78, 5) is 0. The van der Waals surface area contributed by atoms with Crippen LogP contribution in [-0.2, 0) is 23.0 Å². The Morgan fingerprint density at radius 1 is 1.05 bits per heavy atom. The third-order valence-electron chi connectivity index (χ3n) is 4.74. The minimum absolute atomic E-state index is 0.0556. The first-order valence-corrected chi connectivity index (χ1v) is 6.99. The van der Waals surface area contributed by atoms with Gasteiger partial charge in [0.2, 0.25) is 0 Å². The normalized spacial score (nSPS) is 22.2. The fourth-order valence-corrected chi connectivity index (χ4v) is 3.61. The first-order valence-electron chi connectivity index (χ1n) is 6.99. The Bertz CT molecular complexity index is 508. The predicted octanol–water partition coefficient (Wildman–Crippen LogP) is 1.09. The molecule has 0 radical (unpaired) electrons. The van der Waals surface area contributed by atoms with Gasteiger partial charge in [-0.3, -0.25) is 0 Å². The van der Waals surface area contributed by atoms with Gasteiger partial charge in [0.15, 0.2) is 0 Å². The molecule has 0 aliphatic carbocycles. The van der Waals surface area contributed by atoms with Crippen LogP contribution in [0.3, 0.4) is 0 Å². The summed E-state index contributed by atoms with van der Waals surface area (Å²) >= 11 is 0. The third-order valence-corrected chi connectivity index (χ3v) is 4.74. The van der Waals surface area contributed by atoms with Crippen molar-refractivity contribution in [2.24, 2.45) is 5.73 Å². The molecule has 1 aromatic carbocycles. The Morgan fingerprint density at radius 2 is 1.74 bits per heavy atom. The number of benzene rings is 1. The average molecular weight is 261 g/mol. The van der Waals surface area contributed by atoms with Gasteiger partial charge in [-0.1, -0.05) is 0 Å². The van der Waals surface area contributed by atoms with Crippen molar-refractivity contribution in [1.82, 2.24) is 0 Å². The largest absolute Gasteiger partial charge is 0.493 e. The Morgan fingerprint density at radius 3 is 2.37 bits per heavy atom. The van der Waals surface area contributed by atoms with E-state index in [0.29, 0.717) is 19.8 Å². The molecular formula is C15H19NO3. The summed E-state index contributed by atoms with van der Waals surface area (Å²) in [6, 6.07) is 0. The van der Waals surface area contributed by atoms with Crippen molar-refractivity contribution >= 4 is 0 Å². The van der Waals surface area contributed by atoms with E-state index in [2.05, 4.69) is 6.92 Å². The molecule has 3 aliphatic rings. The summed E-state index contributed by atoms with van der Waals surface area (Å²) < 4.78 is 17.3. The number of hydrogen-bond donors (Lipinski definition) is 1. The fourth-order valence-electron chi connectivity index (χ4n) is 3.61. The van der Waals surface area contributed by atoms with Gasteiger partial charge in [0.1, 0.15) is 11.5 Å². The molecule has 102 valence electrons. The highest BCUT2D eigenvalue weighted by Crippen LogP contribution is 2.50. The zero-order chi connectivity index (χ0) is 13.0. The second-order valence-electron chi connectivity index (χ2n) is 5.79. The van der Waals surface area contributed by atoms with E-state index in [4.69, 9.17) is 19.9 Å². The van der Waals surface area contributed by atoms with Crippen molar-refractivity contribution < 1.29 is 14.2 Å². The van der Waals surface area contributed by atoms with Crippen LogP contribution >= 0.6 is 0 Å². The lowest BCUT2D eigenvalue weighted by molar-refractivity contribution is -0.0563. The van der Waals surface area contributed by atoms with Crippen LogP contribution in [0.15, 0.2) is 0 Å². The molecule has 3 aliphatic heterocycles. The van der Waals surface area contributed by atoms with Crippen LogP contribution in [0, 0.1) is 6.92 Å². The molecule has 0 bridgehead atoms. The van der Waals surface area contributed by atoms with Gasteiger partial charge in [0.05, 0.1) is 31.8 Å². The topological polar surface area (TPSA) is 53.7 Å². The first kappa shape index (κ1) is 11.6. The highest BCUT2D eigenvalue weighted by Gasteiger charge is 2.46. The summed E-state index contributed by atoms with van der Waals surface area (Å²) in [5.74, 6) is 2.16. The fraction of sp³-hybridized carbons (Fsp3) is 0.600. The summed E-state index contributed by atoms with van der Waals surface area (Å²) in [6.45, 7) is 5.71. The van der Waals surface area contributed by atoms with Crippen LogP contribution in [0.2, 0.25) is 0 Å². The Labute approximate surface area is 112 Å². The number of nitrogens with two attached hydrogens (primary N) is 1. The zero-order valence-electron chi connectivity index (χ0n) is 11.3. The van der Waals surface area contributed by atoms with Crippen molar-refractivity contribution in [2.45, 2.75) is 25.2 Å². The van der Waals surface area contributed by atoms with E-state index in [9.17, 15) is 0 Å². The maximum atomic E-state index is 6.05. The average Bonchev–Trinajstić information content (AvgIpc) is 3.01. The minimum Gasteiger partial charge on any atom is -0.493 e. The van der Waals surface area contributed by atoms with Gasteiger partial charge in [-0.25, -0.2) is 0 Å². The van der Waals surface area contributed by atoms with Crippen LogP contribution in [0.25, 0.3) is 0 Å². The van der Waals surface area contributed by atoms with Crippen molar-refractivity contribution in [3.8, 4) is 11.5 Å². The summed E-state index contributed by atoms with van der Waals surface area (Å²) in [5.41, 5.74) is 11.2. The van der Waals surface area contributed by atoms with Crippen molar-refractivity contribution in [3.63, 3.8) is 0 Å². The highest BCUT2D eigenvalue weighted by molar-refractivity contribution is 5.64. The Balaban J connectivity index is 2.00. The van der Waals surface area contributed by atoms with Gasteiger partial charge >= 0.3 is 0 Å². The molecule has 0 atom stereocenters. The van der Waals surface area contributed by atoms with Crippen molar-refractivity contribution in [2.75, 3.05) is 33.0 Å². The standard InChI is InChI=1S/C15H19NO3/c1-9-10-2-4-19-14(10)12(11-3-5-18-13(9)11)15(6-16)7-17-8-15/h2-8,16H2,1H3. The second-order valence-corrected chi connectivity index (χ2v) is 5.79. The molecule has 1 aromatic rings. The number of ether oxygens (including phenoxy) is 3. The molecule has 19 heavy (non-hydrogen) atoms. The molecule has 1 saturated heterocycles. The van der Waals surface area contributed by atoms with Crippen LogP contribution in [0.5, 0.6) is 11.5 Å². The highest BCUT2D eigenvalue weighted by atomic mass is 16.5. The molecule has 1 fully saturated rings. The van der Waals surface area contributed by atoms with E-state index in [1.807, 2.05) is 0 Å². The third kappa shape index (κ3) is 1.36. The van der Waals surface area contributed by atoms with Crippen molar-refractivity contribution in [1.29, 1.82) is 0 Å². The molecule has 0 saturated carbocycles. The zero-order valence-corrected chi connectivity index (χ0v) is 11.3. The molecule has 0 unspecified atom stereocenters. The molecule has 4 rings (SSSR count). The Kier molecular flexibility index (Phi) is 2.35. The molecule has 0 amide bonds. The monoisotopic (exact) mass is 261 g/mol. The van der Waals surface area contributed by atoms with Crippen LogP contribution < -0.4 is 15.2 Å². The van der Waals surface area contributed by atoms with Crippen LogP contribution in [-0.4, -0.2) is 33.0 Å². The lowest BCUT2D eigenvalue weighted by Gasteiger charge is -2.42. The SMILES string of the molecule is Cc1c2c(c(C3(CN)COC3)c3c1OCC3)OCC2. The lowest BCUT2D eigenvalue weighted by atomic mass is 9.74. The minimum atomic E-state index is -0.0556. The van der Waals surface area contributed by atoms with Crippen molar-refractivity contribution in [3.05, 3.63) is 22.3 Å². The molecule has 0 spiro atoms. The summed E-state index contributed by atoms with van der Waals surface area (Å²) in [5, 5.41) is 0. The second kappa shape index (κ2) is 3.87. The molecular weight excluding hydrogens is 242 g/mol. The summed E-state index contributed by atoms with van der Waals surface area (Å²) in [6.07, 6.45) is 1.94. The number of rotatable bonds is 2. The quantitative estimate of drug-likeness (QED) is 0.866. The maximum absolute atomic E-state index is 6.05.